The molecule has 0 saturated carbocycles. The molecule has 0 atom stereocenters. The first-order valence-corrected chi connectivity index (χ1v) is 4.18. The Balaban J connectivity index is 3.04. The topological polar surface area (TPSA) is 56.9 Å². The fraction of sp³-hybridized carbons (Fsp3) is 0. The maximum Gasteiger partial charge on any atom is 0.156 e. The standard InChI is InChI=1S/C7H3ClN4S/c8-6-4(3-9)7(13)11-5-1-2-10-12(5)6/h1-2,10H. The fourth-order valence-electron chi connectivity index (χ4n) is 1.03. The van der Waals surface area contributed by atoms with E-state index >= 15 is 0 Å². The van der Waals surface area contributed by atoms with Crippen LogP contribution in [0.2, 0.25) is 5.15 Å². The molecule has 13 heavy (non-hydrogen) atoms. The minimum absolute atomic E-state index is 0.219. The van der Waals surface area contributed by atoms with Gasteiger partial charge in [-0.15, -0.1) is 0 Å². The number of nitrogens with zero attached hydrogens (tertiary/aromatic N) is 3. The Morgan fingerprint density at radius 1 is 1.69 bits per heavy atom. The van der Waals surface area contributed by atoms with E-state index < -0.39 is 0 Å². The summed E-state index contributed by atoms with van der Waals surface area (Å²) in [5, 5.41) is 11.8. The molecule has 0 saturated heterocycles. The Kier molecular flexibility index (Phi) is 1.79. The third-order valence-corrected chi connectivity index (χ3v) is 2.26. The van der Waals surface area contributed by atoms with Crippen molar-refractivity contribution in [3.63, 3.8) is 0 Å². The van der Waals surface area contributed by atoms with Crippen molar-refractivity contribution in [1.82, 2.24) is 14.6 Å². The monoisotopic (exact) mass is 210 g/mol. The van der Waals surface area contributed by atoms with Crippen molar-refractivity contribution in [3.05, 3.63) is 27.6 Å². The highest BCUT2D eigenvalue weighted by molar-refractivity contribution is 7.71. The van der Waals surface area contributed by atoms with Gasteiger partial charge in [0.2, 0.25) is 0 Å². The molecule has 0 aliphatic rings. The van der Waals surface area contributed by atoms with E-state index in [9.17, 15) is 0 Å². The van der Waals surface area contributed by atoms with Gasteiger partial charge in [0, 0.05) is 12.3 Å². The first-order chi connectivity index (χ1) is 6.24. The van der Waals surface area contributed by atoms with E-state index in [1.807, 2.05) is 6.07 Å². The molecule has 2 heterocycles. The zero-order valence-electron chi connectivity index (χ0n) is 6.28. The summed E-state index contributed by atoms with van der Waals surface area (Å²) in [6.07, 6.45) is 1.67. The molecule has 0 amide bonds. The first-order valence-electron chi connectivity index (χ1n) is 3.40. The van der Waals surface area contributed by atoms with Gasteiger partial charge in [0.25, 0.3) is 0 Å². The van der Waals surface area contributed by atoms with Crippen molar-refractivity contribution in [3.8, 4) is 6.07 Å². The van der Waals surface area contributed by atoms with Crippen LogP contribution in [0.25, 0.3) is 5.65 Å². The molecular weight excluding hydrogens is 208 g/mol. The molecule has 0 aliphatic heterocycles. The summed E-state index contributed by atoms with van der Waals surface area (Å²) in [4.78, 5) is 4.01. The summed E-state index contributed by atoms with van der Waals surface area (Å²) >= 11 is 10.8. The van der Waals surface area contributed by atoms with E-state index in [1.165, 1.54) is 4.52 Å². The Bertz CT molecular complexity index is 562. The third kappa shape index (κ3) is 1.11. The second-order valence-corrected chi connectivity index (χ2v) is 3.10. The second kappa shape index (κ2) is 2.83. The number of aromatic amines is 1. The summed E-state index contributed by atoms with van der Waals surface area (Å²) in [7, 11) is 0. The van der Waals surface area contributed by atoms with E-state index in [2.05, 4.69) is 10.1 Å². The van der Waals surface area contributed by atoms with Crippen LogP contribution in [0, 0.1) is 16.0 Å². The van der Waals surface area contributed by atoms with Gasteiger partial charge in [-0.3, -0.25) is 5.10 Å². The van der Waals surface area contributed by atoms with Gasteiger partial charge in [-0.25, -0.2) is 9.50 Å². The van der Waals surface area contributed by atoms with Gasteiger partial charge in [0.05, 0.1) is 0 Å². The molecule has 64 valence electrons. The van der Waals surface area contributed by atoms with Crippen molar-refractivity contribution >= 4 is 29.5 Å². The first kappa shape index (κ1) is 8.23. The molecule has 2 aromatic heterocycles. The van der Waals surface area contributed by atoms with Crippen LogP contribution in [0.1, 0.15) is 5.56 Å². The maximum absolute atomic E-state index is 8.73. The number of rotatable bonds is 0. The normalized spacial score (nSPS) is 10.2. The smallest absolute Gasteiger partial charge is 0.156 e. The van der Waals surface area contributed by atoms with Crippen LogP contribution in [-0.2, 0) is 0 Å². The third-order valence-electron chi connectivity index (χ3n) is 1.61. The number of halogens is 1. The van der Waals surface area contributed by atoms with E-state index in [-0.39, 0.29) is 15.4 Å². The Labute approximate surface area is 83.4 Å². The van der Waals surface area contributed by atoms with Crippen LogP contribution in [0.5, 0.6) is 0 Å². The zero-order chi connectivity index (χ0) is 9.42. The lowest BCUT2D eigenvalue weighted by Crippen LogP contribution is -1.96. The van der Waals surface area contributed by atoms with Crippen molar-refractivity contribution in [2.24, 2.45) is 0 Å². The number of nitrogens with one attached hydrogen (secondary N) is 1. The average molecular weight is 211 g/mol. The number of hydrogen-bond acceptors (Lipinski definition) is 3. The summed E-state index contributed by atoms with van der Waals surface area (Å²) in [6.45, 7) is 0. The van der Waals surface area contributed by atoms with E-state index in [1.54, 1.807) is 12.3 Å². The summed E-state index contributed by atoms with van der Waals surface area (Å²) < 4.78 is 1.72. The van der Waals surface area contributed by atoms with Crippen molar-refractivity contribution in [2.75, 3.05) is 0 Å². The van der Waals surface area contributed by atoms with Gasteiger partial charge >= 0.3 is 0 Å². The van der Waals surface area contributed by atoms with Crippen LogP contribution in [0.4, 0.5) is 0 Å². The predicted octanol–water partition coefficient (Wildman–Crippen LogP) is 1.92. The Morgan fingerprint density at radius 2 is 2.46 bits per heavy atom. The van der Waals surface area contributed by atoms with Crippen LogP contribution >= 0.6 is 23.8 Å². The van der Waals surface area contributed by atoms with Gasteiger partial charge in [0.15, 0.2) is 10.8 Å². The minimum Gasteiger partial charge on any atom is -0.299 e. The molecule has 1 N–H and O–H groups in total. The van der Waals surface area contributed by atoms with Gasteiger partial charge in [-0.05, 0) is 0 Å². The lowest BCUT2D eigenvalue weighted by atomic mass is 10.4. The highest BCUT2D eigenvalue weighted by atomic mass is 35.5. The average Bonchev–Trinajstić information content (AvgIpc) is 2.53. The van der Waals surface area contributed by atoms with E-state index in [4.69, 9.17) is 29.1 Å². The summed E-state index contributed by atoms with van der Waals surface area (Å²) in [6, 6.07) is 3.63. The molecule has 0 aliphatic carbocycles. The largest absolute Gasteiger partial charge is 0.299 e. The predicted molar refractivity (Wildman–Crippen MR) is 50.1 cm³/mol. The second-order valence-electron chi connectivity index (χ2n) is 2.35. The van der Waals surface area contributed by atoms with Crippen LogP contribution in [0.15, 0.2) is 12.3 Å². The molecular formula is C7H3ClN4S. The van der Waals surface area contributed by atoms with Crippen molar-refractivity contribution < 1.29 is 0 Å². The van der Waals surface area contributed by atoms with Crippen LogP contribution in [-0.4, -0.2) is 14.6 Å². The minimum atomic E-state index is 0.219. The number of aromatic nitrogens is 3. The van der Waals surface area contributed by atoms with E-state index in [0.717, 1.165) is 0 Å². The molecule has 0 radical (unpaired) electrons. The summed E-state index contributed by atoms with van der Waals surface area (Å²) in [5.74, 6) is 0. The molecule has 6 heteroatoms. The Hall–Kier alpha value is -1.38. The maximum atomic E-state index is 8.73. The van der Waals surface area contributed by atoms with Gasteiger partial charge in [-0.1, -0.05) is 23.8 Å². The molecule has 0 unspecified atom stereocenters. The zero-order valence-corrected chi connectivity index (χ0v) is 7.85. The van der Waals surface area contributed by atoms with Gasteiger partial charge < -0.3 is 0 Å². The molecule has 2 rings (SSSR count). The molecule has 4 nitrogen and oxygen atoms in total. The lowest BCUT2D eigenvalue weighted by molar-refractivity contribution is 0.932. The molecule has 0 spiro atoms. The number of hydrogen-bond donors (Lipinski definition) is 1. The molecule has 2 aromatic rings. The molecule has 0 aromatic carbocycles. The number of nitriles is 1. The van der Waals surface area contributed by atoms with Gasteiger partial charge in [0.1, 0.15) is 16.3 Å². The highest BCUT2D eigenvalue weighted by Gasteiger charge is 2.07. The van der Waals surface area contributed by atoms with Gasteiger partial charge in [-0.2, -0.15) is 5.26 Å². The van der Waals surface area contributed by atoms with Crippen molar-refractivity contribution in [1.29, 1.82) is 5.26 Å². The van der Waals surface area contributed by atoms with E-state index in [0.29, 0.717) is 5.65 Å². The SMILES string of the molecule is N#Cc1c(Cl)n2[nH]ccc2nc1=S. The van der Waals surface area contributed by atoms with Crippen molar-refractivity contribution in [2.45, 2.75) is 0 Å². The molecule has 0 fully saturated rings. The highest BCUT2D eigenvalue weighted by Crippen LogP contribution is 2.16. The number of fused-ring (bicyclic) bond motifs is 1. The van der Waals surface area contributed by atoms with Crippen LogP contribution in [0.3, 0.4) is 0 Å². The molecule has 0 bridgehead atoms. The van der Waals surface area contributed by atoms with Crippen LogP contribution < -0.4 is 0 Å². The number of H-pyrrole nitrogens is 1. The summed E-state index contributed by atoms with van der Waals surface area (Å²) in [5.41, 5.74) is 0.825. The quantitative estimate of drug-likeness (QED) is 0.534. The lowest BCUT2D eigenvalue weighted by Gasteiger charge is -1.98. The Morgan fingerprint density at radius 3 is 3.15 bits per heavy atom. The fourth-order valence-corrected chi connectivity index (χ4v) is 1.58.